The first-order chi connectivity index (χ1) is 21.7. The molecule has 2 amide bonds. The van der Waals surface area contributed by atoms with Gasteiger partial charge in [0.15, 0.2) is 0 Å². The second kappa shape index (κ2) is 10.7. The summed E-state index contributed by atoms with van der Waals surface area (Å²) < 4.78 is 24.4. The fourth-order valence-corrected chi connectivity index (χ4v) is 12.4. The third-order valence-electron chi connectivity index (χ3n) is 12.5. The summed E-state index contributed by atoms with van der Waals surface area (Å²) in [6.45, 7) is 20.5. The summed E-state index contributed by atoms with van der Waals surface area (Å²) in [5.41, 5.74) is -2.11. The molecule has 260 valence electrons. The van der Waals surface area contributed by atoms with Crippen molar-refractivity contribution in [3.63, 3.8) is 0 Å². The van der Waals surface area contributed by atoms with Crippen LogP contribution in [0.1, 0.15) is 125 Å². The molecule has 8 aliphatic carbocycles. The molecule has 0 aromatic heterocycles. The Hall–Kier alpha value is -3.04. The highest BCUT2D eigenvalue weighted by Gasteiger charge is 2.76. The van der Waals surface area contributed by atoms with E-state index < -0.39 is 34.6 Å². The van der Waals surface area contributed by atoms with Crippen molar-refractivity contribution in [1.29, 1.82) is 0 Å². The summed E-state index contributed by atoms with van der Waals surface area (Å²) in [6, 6.07) is 0. The first-order valence-corrected chi connectivity index (χ1v) is 17.4. The minimum absolute atomic E-state index is 0.0670. The van der Waals surface area contributed by atoms with Crippen molar-refractivity contribution in [3.05, 3.63) is 24.3 Å². The van der Waals surface area contributed by atoms with Gasteiger partial charge in [-0.2, -0.15) is 0 Å². The van der Waals surface area contributed by atoms with Crippen molar-refractivity contribution >= 4 is 24.1 Å². The van der Waals surface area contributed by atoms with Gasteiger partial charge in [-0.3, -0.25) is 0 Å². The lowest BCUT2D eigenvalue weighted by Crippen LogP contribution is -2.68. The maximum atomic E-state index is 13.0. The maximum Gasteiger partial charge on any atom is 0.407 e. The van der Waals surface area contributed by atoms with Gasteiger partial charge in [0, 0.05) is 37.1 Å². The Kier molecular flexibility index (Phi) is 7.73. The molecule has 8 rings (SSSR count). The molecule has 8 aliphatic rings. The van der Waals surface area contributed by atoms with Gasteiger partial charge in [-0.15, -0.1) is 0 Å². The molecule has 0 aromatic rings. The highest BCUT2D eigenvalue weighted by Crippen LogP contribution is 2.76. The van der Waals surface area contributed by atoms with Crippen LogP contribution in [-0.2, 0) is 28.5 Å². The summed E-state index contributed by atoms with van der Waals surface area (Å²) in [6.07, 6.45) is 8.61. The third-order valence-corrected chi connectivity index (χ3v) is 12.5. The molecule has 4 unspecified atom stereocenters. The molecule has 8 saturated carbocycles. The molecule has 0 saturated heterocycles. The molecule has 8 bridgehead atoms. The zero-order valence-electron chi connectivity index (χ0n) is 29.3. The number of carbonyl (C=O) groups excluding carboxylic acids is 4. The normalized spacial score (nSPS) is 43.3. The van der Waals surface area contributed by atoms with Crippen LogP contribution in [0.25, 0.3) is 0 Å². The SMILES string of the molecule is C=C(C)C(=O)OC12CC3(C)CC(C)(CC(OC(=O)NCCCCNC(=O)OC45CC6(OC(=O)C(=C)C)CC(C)(C4)C(C)(C5)C6)(C3)C1)C2. The highest BCUT2D eigenvalue weighted by molar-refractivity contribution is 5.87. The third kappa shape index (κ3) is 6.07. The van der Waals surface area contributed by atoms with Crippen LogP contribution in [0, 0.1) is 21.7 Å². The van der Waals surface area contributed by atoms with Gasteiger partial charge in [0.2, 0.25) is 0 Å². The lowest BCUT2D eigenvalue weighted by Gasteiger charge is -2.67. The van der Waals surface area contributed by atoms with Crippen LogP contribution in [0.3, 0.4) is 0 Å². The Balaban J connectivity index is 0.955. The fraction of sp³-hybridized carbons (Fsp3) is 0.784. The van der Waals surface area contributed by atoms with Gasteiger partial charge in [0.05, 0.1) is 0 Å². The van der Waals surface area contributed by atoms with Crippen molar-refractivity contribution in [2.75, 3.05) is 13.1 Å². The highest BCUT2D eigenvalue weighted by atomic mass is 16.6. The number of nitrogens with one attached hydrogen (secondary N) is 2. The zero-order chi connectivity index (χ0) is 34.3. The monoisotopic (exact) mass is 654 g/mol. The average molecular weight is 655 g/mol. The number of ether oxygens (including phenoxy) is 4. The molecule has 47 heavy (non-hydrogen) atoms. The van der Waals surface area contributed by atoms with Crippen LogP contribution < -0.4 is 10.6 Å². The number of unbranched alkanes of at least 4 members (excludes halogenated alkanes) is 1. The van der Waals surface area contributed by atoms with Crippen LogP contribution in [0.2, 0.25) is 0 Å². The fourth-order valence-electron chi connectivity index (χ4n) is 12.4. The van der Waals surface area contributed by atoms with Crippen LogP contribution in [0.5, 0.6) is 0 Å². The van der Waals surface area contributed by atoms with Crippen LogP contribution in [0.15, 0.2) is 24.3 Å². The summed E-state index contributed by atoms with van der Waals surface area (Å²) >= 11 is 0. The van der Waals surface area contributed by atoms with Crippen LogP contribution in [-0.4, -0.2) is 59.6 Å². The van der Waals surface area contributed by atoms with Crippen molar-refractivity contribution in [1.82, 2.24) is 10.6 Å². The van der Waals surface area contributed by atoms with E-state index in [0.717, 1.165) is 57.8 Å². The van der Waals surface area contributed by atoms with Gasteiger partial charge in [-0.05, 0) is 106 Å². The zero-order valence-corrected chi connectivity index (χ0v) is 29.3. The van der Waals surface area contributed by atoms with Crippen LogP contribution >= 0.6 is 0 Å². The van der Waals surface area contributed by atoms with Gasteiger partial charge in [-0.1, -0.05) is 40.9 Å². The molecule has 0 radical (unpaired) electrons. The molecular formula is C37H54N2O8. The molecule has 4 atom stereocenters. The van der Waals surface area contributed by atoms with E-state index in [-0.39, 0.29) is 33.6 Å². The quantitative estimate of drug-likeness (QED) is 0.108. The van der Waals surface area contributed by atoms with Gasteiger partial charge < -0.3 is 29.6 Å². The van der Waals surface area contributed by atoms with E-state index in [0.29, 0.717) is 49.9 Å². The maximum absolute atomic E-state index is 13.0. The molecule has 2 N–H and O–H groups in total. The molecule has 0 aliphatic heterocycles. The summed E-state index contributed by atoms with van der Waals surface area (Å²) in [5.74, 6) is -0.763. The second-order valence-electron chi connectivity index (χ2n) is 18.1. The Bertz CT molecular complexity index is 1380. The minimum atomic E-state index is -0.670. The van der Waals surface area contributed by atoms with Gasteiger partial charge in [0.1, 0.15) is 22.4 Å². The Morgan fingerprint density at radius 2 is 0.830 bits per heavy atom. The van der Waals surface area contributed by atoms with E-state index >= 15 is 0 Å². The number of rotatable bonds is 11. The topological polar surface area (TPSA) is 129 Å². The van der Waals surface area contributed by atoms with E-state index in [9.17, 15) is 19.2 Å². The first kappa shape index (κ1) is 33.8. The predicted octanol–water partition coefficient (Wildman–Crippen LogP) is 6.81. The van der Waals surface area contributed by atoms with E-state index in [2.05, 4.69) is 51.5 Å². The molecule has 0 aromatic carbocycles. The minimum Gasteiger partial charge on any atom is -0.456 e. The number of hydrogen-bond donors (Lipinski definition) is 2. The lowest BCUT2D eigenvalue weighted by atomic mass is 9.42. The predicted molar refractivity (Wildman–Crippen MR) is 174 cm³/mol. The van der Waals surface area contributed by atoms with E-state index in [1.54, 1.807) is 13.8 Å². The smallest absolute Gasteiger partial charge is 0.407 e. The summed E-state index contributed by atoms with van der Waals surface area (Å²) in [4.78, 5) is 51.0. The Morgan fingerprint density at radius 1 is 0.511 bits per heavy atom. The Morgan fingerprint density at radius 3 is 1.19 bits per heavy atom. The summed E-state index contributed by atoms with van der Waals surface area (Å²) in [5, 5.41) is 5.79. The molecule has 8 fully saturated rings. The van der Waals surface area contributed by atoms with E-state index in [4.69, 9.17) is 18.9 Å². The van der Waals surface area contributed by atoms with Gasteiger partial charge >= 0.3 is 24.1 Å². The van der Waals surface area contributed by atoms with Crippen molar-refractivity contribution < 1.29 is 38.1 Å². The van der Waals surface area contributed by atoms with E-state index in [1.165, 1.54) is 0 Å². The number of carbonyl (C=O) groups is 4. The van der Waals surface area contributed by atoms with Crippen molar-refractivity contribution in [2.24, 2.45) is 21.7 Å². The largest absolute Gasteiger partial charge is 0.456 e. The number of alkyl carbamates (subject to hydrolysis) is 2. The second-order valence-corrected chi connectivity index (χ2v) is 18.1. The van der Waals surface area contributed by atoms with Crippen molar-refractivity contribution in [2.45, 2.75) is 147 Å². The number of hydrogen-bond acceptors (Lipinski definition) is 8. The number of esters is 2. The molecule has 10 nitrogen and oxygen atoms in total. The van der Waals surface area contributed by atoms with Gasteiger partial charge in [0.25, 0.3) is 0 Å². The summed E-state index contributed by atoms with van der Waals surface area (Å²) in [7, 11) is 0. The average Bonchev–Trinajstić information content (AvgIpc) is 3.12. The standard InChI is InChI=1S/C37H54N2O8/c1-24(2)26(40)44-34-14-30(5)13-31(6,15-34)17-35(16-30,22-34)46-28(42)38-11-9-10-12-39-29(43)47-37-20-32(7)18-36(23-37,19-33(32,8)21-37)45-27(41)25(3)4/h1,3,9-23H2,2,4-8H3,(H,38,42)(H,39,43). The molecular weight excluding hydrogens is 600 g/mol. The molecule has 10 heteroatoms. The Labute approximate surface area is 279 Å². The van der Waals surface area contributed by atoms with Gasteiger partial charge in [-0.25, -0.2) is 19.2 Å². The van der Waals surface area contributed by atoms with E-state index in [1.807, 2.05) is 0 Å². The number of amides is 2. The first-order valence-electron chi connectivity index (χ1n) is 17.4. The van der Waals surface area contributed by atoms with Crippen LogP contribution in [0.4, 0.5) is 9.59 Å². The lowest BCUT2D eigenvalue weighted by molar-refractivity contribution is -0.257. The molecule has 0 spiro atoms. The molecule has 0 heterocycles. The van der Waals surface area contributed by atoms with Crippen molar-refractivity contribution in [3.8, 4) is 0 Å².